The van der Waals surface area contributed by atoms with Crippen molar-refractivity contribution < 1.29 is 9.18 Å². The first-order valence-electron chi connectivity index (χ1n) is 6.06. The number of aryl methyl sites for hydroxylation is 1. The van der Waals surface area contributed by atoms with E-state index in [9.17, 15) is 9.18 Å². The van der Waals surface area contributed by atoms with E-state index in [0.29, 0.717) is 11.3 Å². The van der Waals surface area contributed by atoms with Gasteiger partial charge in [0, 0.05) is 17.8 Å². The second-order valence-electron chi connectivity index (χ2n) is 4.38. The number of hydrogen-bond acceptors (Lipinski definition) is 2. The van der Waals surface area contributed by atoms with Crippen molar-refractivity contribution in [2.24, 2.45) is 0 Å². The summed E-state index contributed by atoms with van der Waals surface area (Å²) in [7, 11) is 1.73. The van der Waals surface area contributed by atoms with Gasteiger partial charge in [-0.1, -0.05) is 17.7 Å². The van der Waals surface area contributed by atoms with E-state index in [2.05, 4.69) is 10.6 Å². The van der Waals surface area contributed by atoms with Crippen LogP contribution in [0.1, 0.15) is 15.9 Å². The number of hydrogen-bond donors (Lipinski definition) is 2. The van der Waals surface area contributed by atoms with Crippen LogP contribution in [-0.2, 0) is 0 Å². The number of carbonyl (C=O) groups is 1. The summed E-state index contributed by atoms with van der Waals surface area (Å²) in [6.45, 7) is 1.93. The summed E-state index contributed by atoms with van der Waals surface area (Å²) >= 11 is 5.67. The van der Waals surface area contributed by atoms with Gasteiger partial charge in [0.2, 0.25) is 0 Å². The number of halogens is 2. The second kappa shape index (κ2) is 5.92. The molecule has 0 atom stereocenters. The maximum Gasteiger partial charge on any atom is 0.257 e. The van der Waals surface area contributed by atoms with Gasteiger partial charge in [0.05, 0.1) is 11.3 Å². The maximum atomic E-state index is 13.7. The minimum Gasteiger partial charge on any atom is -0.387 e. The van der Waals surface area contributed by atoms with Crippen LogP contribution in [0.4, 0.5) is 15.8 Å². The zero-order chi connectivity index (χ0) is 14.7. The molecule has 0 aromatic heterocycles. The van der Waals surface area contributed by atoms with Crippen LogP contribution in [-0.4, -0.2) is 13.0 Å². The number of carbonyl (C=O) groups excluding carboxylic acids is 1. The SMILES string of the molecule is CNc1cc(C)ccc1C(=O)Nc1ccc(Cl)cc1F. The van der Waals surface area contributed by atoms with Gasteiger partial charge in [0.25, 0.3) is 5.91 Å². The van der Waals surface area contributed by atoms with Crippen LogP contribution in [0.5, 0.6) is 0 Å². The van der Waals surface area contributed by atoms with Crippen LogP contribution >= 0.6 is 11.6 Å². The van der Waals surface area contributed by atoms with E-state index in [1.165, 1.54) is 12.1 Å². The van der Waals surface area contributed by atoms with Crippen LogP contribution in [0.15, 0.2) is 36.4 Å². The quantitative estimate of drug-likeness (QED) is 0.895. The van der Waals surface area contributed by atoms with E-state index in [4.69, 9.17) is 11.6 Å². The predicted octanol–water partition coefficient (Wildman–Crippen LogP) is 4.08. The molecule has 3 nitrogen and oxygen atoms in total. The van der Waals surface area contributed by atoms with E-state index < -0.39 is 5.82 Å². The summed E-state index contributed by atoms with van der Waals surface area (Å²) in [5.74, 6) is -0.945. The molecule has 2 aromatic rings. The van der Waals surface area contributed by atoms with Crippen LogP contribution in [0.2, 0.25) is 5.02 Å². The summed E-state index contributed by atoms with van der Waals surface area (Å²) < 4.78 is 13.7. The first-order valence-corrected chi connectivity index (χ1v) is 6.44. The van der Waals surface area contributed by atoms with Gasteiger partial charge in [-0.05, 0) is 42.8 Å². The Hall–Kier alpha value is -2.07. The van der Waals surface area contributed by atoms with Crippen molar-refractivity contribution in [3.63, 3.8) is 0 Å². The molecule has 0 saturated carbocycles. The summed E-state index contributed by atoms with van der Waals surface area (Å²) in [4.78, 5) is 12.2. The van der Waals surface area contributed by atoms with E-state index in [1.54, 1.807) is 13.1 Å². The Morgan fingerprint density at radius 1 is 1.15 bits per heavy atom. The molecule has 0 aliphatic rings. The fraction of sp³-hybridized carbons (Fsp3) is 0.133. The molecule has 20 heavy (non-hydrogen) atoms. The van der Waals surface area contributed by atoms with Gasteiger partial charge in [0.1, 0.15) is 5.82 Å². The van der Waals surface area contributed by atoms with Gasteiger partial charge in [0.15, 0.2) is 0 Å². The molecule has 5 heteroatoms. The lowest BCUT2D eigenvalue weighted by Crippen LogP contribution is -2.15. The molecule has 0 bridgehead atoms. The lowest BCUT2D eigenvalue weighted by molar-refractivity contribution is 0.102. The number of nitrogens with one attached hydrogen (secondary N) is 2. The minimum absolute atomic E-state index is 0.0991. The normalized spacial score (nSPS) is 10.2. The summed E-state index contributed by atoms with van der Waals surface area (Å²) in [6, 6.07) is 9.49. The highest BCUT2D eigenvalue weighted by molar-refractivity contribution is 6.30. The fourth-order valence-corrected chi connectivity index (χ4v) is 2.00. The highest BCUT2D eigenvalue weighted by Crippen LogP contribution is 2.22. The molecule has 0 fully saturated rings. The molecular formula is C15H14ClFN2O. The molecule has 104 valence electrons. The van der Waals surface area contributed by atoms with E-state index >= 15 is 0 Å². The zero-order valence-corrected chi connectivity index (χ0v) is 11.9. The third kappa shape index (κ3) is 3.08. The summed E-state index contributed by atoms with van der Waals surface area (Å²) in [5.41, 5.74) is 2.27. The molecule has 0 spiro atoms. The first kappa shape index (κ1) is 14.3. The number of rotatable bonds is 3. The molecule has 0 heterocycles. The Bertz CT molecular complexity index is 658. The van der Waals surface area contributed by atoms with Gasteiger partial charge >= 0.3 is 0 Å². The molecule has 0 saturated heterocycles. The van der Waals surface area contributed by atoms with Crippen molar-refractivity contribution in [3.8, 4) is 0 Å². The van der Waals surface area contributed by atoms with Crippen LogP contribution in [0.3, 0.4) is 0 Å². The molecule has 0 unspecified atom stereocenters. The smallest absolute Gasteiger partial charge is 0.257 e. The van der Waals surface area contributed by atoms with Crippen LogP contribution in [0, 0.1) is 12.7 Å². The largest absolute Gasteiger partial charge is 0.387 e. The highest BCUT2D eigenvalue weighted by Gasteiger charge is 2.13. The Labute approximate surface area is 121 Å². The van der Waals surface area contributed by atoms with Crippen LogP contribution < -0.4 is 10.6 Å². The zero-order valence-electron chi connectivity index (χ0n) is 11.1. The Kier molecular flexibility index (Phi) is 4.25. The molecule has 0 radical (unpaired) electrons. The topological polar surface area (TPSA) is 41.1 Å². The highest BCUT2D eigenvalue weighted by atomic mass is 35.5. The van der Waals surface area contributed by atoms with Gasteiger partial charge in [-0.15, -0.1) is 0 Å². The molecule has 2 N–H and O–H groups in total. The number of benzene rings is 2. The number of anilines is 2. The van der Waals surface area contributed by atoms with E-state index in [0.717, 1.165) is 11.6 Å². The van der Waals surface area contributed by atoms with Crippen molar-refractivity contribution in [3.05, 3.63) is 58.4 Å². The van der Waals surface area contributed by atoms with Gasteiger partial charge < -0.3 is 10.6 Å². The predicted molar refractivity (Wildman–Crippen MR) is 80.1 cm³/mol. The average Bonchev–Trinajstić information content (AvgIpc) is 2.41. The van der Waals surface area contributed by atoms with E-state index in [1.807, 2.05) is 19.1 Å². The van der Waals surface area contributed by atoms with Gasteiger partial charge in [-0.25, -0.2) is 4.39 Å². The van der Waals surface area contributed by atoms with Crippen molar-refractivity contribution in [2.75, 3.05) is 17.7 Å². The molecule has 1 amide bonds. The Balaban J connectivity index is 2.28. The lowest BCUT2D eigenvalue weighted by atomic mass is 10.1. The van der Waals surface area contributed by atoms with Crippen molar-refractivity contribution in [1.82, 2.24) is 0 Å². The van der Waals surface area contributed by atoms with Crippen molar-refractivity contribution in [1.29, 1.82) is 0 Å². The Morgan fingerprint density at radius 2 is 1.90 bits per heavy atom. The first-order chi connectivity index (χ1) is 9.51. The van der Waals surface area contributed by atoms with Crippen molar-refractivity contribution >= 4 is 28.9 Å². The second-order valence-corrected chi connectivity index (χ2v) is 4.81. The molecule has 2 aromatic carbocycles. The summed E-state index contributed by atoms with van der Waals surface area (Å²) in [5, 5.41) is 5.77. The fourth-order valence-electron chi connectivity index (χ4n) is 1.84. The molecule has 0 aliphatic carbocycles. The standard InChI is InChI=1S/C15H14ClFN2O/c1-9-3-5-11(14(7-9)18-2)15(20)19-13-6-4-10(16)8-12(13)17/h3-8,18H,1-2H3,(H,19,20). The third-order valence-electron chi connectivity index (χ3n) is 2.87. The van der Waals surface area contributed by atoms with E-state index in [-0.39, 0.29) is 16.6 Å². The average molecular weight is 293 g/mol. The molecule has 2 rings (SSSR count). The number of amides is 1. The van der Waals surface area contributed by atoms with Gasteiger partial charge in [-0.3, -0.25) is 4.79 Å². The Morgan fingerprint density at radius 3 is 2.55 bits per heavy atom. The molecular weight excluding hydrogens is 279 g/mol. The summed E-state index contributed by atoms with van der Waals surface area (Å²) in [6.07, 6.45) is 0. The lowest BCUT2D eigenvalue weighted by Gasteiger charge is -2.11. The minimum atomic E-state index is -0.566. The van der Waals surface area contributed by atoms with Gasteiger partial charge in [-0.2, -0.15) is 0 Å². The van der Waals surface area contributed by atoms with Crippen LogP contribution in [0.25, 0.3) is 0 Å². The monoisotopic (exact) mass is 292 g/mol. The molecule has 0 aliphatic heterocycles. The van der Waals surface area contributed by atoms with Crippen molar-refractivity contribution in [2.45, 2.75) is 6.92 Å². The maximum absolute atomic E-state index is 13.7. The third-order valence-corrected chi connectivity index (χ3v) is 3.10.